The largest absolute Gasteiger partial charge is 0.278 e. The van der Waals surface area contributed by atoms with Gasteiger partial charge in [-0.2, -0.15) is 0 Å². The normalized spacial score (nSPS) is 11.3. The summed E-state index contributed by atoms with van der Waals surface area (Å²) in [6.45, 7) is 4.48. The molecule has 2 heterocycles. The first-order chi connectivity index (χ1) is 14.5. The molecule has 0 aliphatic carbocycles. The van der Waals surface area contributed by atoms with Gasteiger partial charge in [-0.05, 0) is 66.9 Å². The third-order valence-electron chi connectivity index (χ3n) is 4.85. The molecule has 0 unspecified atom stereocenters. The minimum atomic E-state index is -0.173. The predicted octanol–water partition coefficient (Wildman–Crippen LogP) is 6.21. The summed E-state index contributed by atoms with van der Waals surface area (Å²) in [6, 6.07) is 17.3. The van der Waals surface area contributed by atoms with Gasteiger partial charge in [-0.15, -0.1) is 0 Å². The second-order valence-corrected chi connectivity index (χ2v) is 8.42. The third-order valence-corrected chi connectivity index (χ3v) is 6.23. The Bertz CT molecular complexity index is 1190. The zero-order valence-electron chi connectivity index (χ0n) is 16.7. The maximum atomic E-state index is 13.2. The van der Waals surface area contributed by atoms with Crippen molar-refractivity contribution in [1.82, 2.24) is 9.97 Å². The van der Waals surface area contributed by atoms with Crippen LogP contribution in [-0.2, 0) is 11.3 Å². The SMILES string of the molecule is Cc1cc2nc(N(Cc3ccccn3)C(=O)/C=C/c3ccccc3Cl)sc2cc1C. The number of hydrogen-bond acceptors (Lipinski definition) is 4. The van der Waals surface area contributed by atoms with Crippen LogP contribution < -0.4 is 4.90 Å². The topological polar surface area (TPSA) is 46.1 Å². The average Bonchev–Trinajstić information content (AvgIpc) is 3.14. The molecule has 4 aromatic rings. The van der Waals surface area contributed by atoms with Crippen LogP contribution in [0.2, 0.25) is 5.02 Å². The Morgan fingerprint density at radius 2 is 1.87 bits per heavy atom. The third kappa shape index (κ3) is 4.42. The van der Waals surface area contributed by atoms with Gasteiger partial charge in [0.2, 0.25) is 0 Å². The van der Waals surface area contributed by atoms with Crippen LogP contribution in [0.3, 0.4) is 0 Å². The molecule has 0 fully saturated rings. The maximum absolute atomic E-state index is 13.2. The first kappa shape index (κ1) is 20.3. The van der Waals surface area contributed by atoms with E-state index < -0.39 is 0 Å². The summed E-state index contributed by atoms with van der Waals surface area (Å²) >= 11 is 7.73. The number of pyridine rings is 1. The number of nitrogens with zero attached hydrogens (tertiary/aromatic N) is 3. The molecular formula is C24H20ClN3OS. The number of halogens is 1. The maximum Gasteiger partial charge on any atom is 0.253 e. The Labute approximate surface area is 184 Å². The number of aryl methyl sites for hydroxylation is 2. The Hall–Kier alpha value is -3.02. The summed E-state index contributed by atoms with van der Waals surface area (Å²) in [5.41, 5.74) is 4.87. The number of rotatable bonds is 5. The van der Waals surface area contributed by atoms with Crippen molar-refractivity contribution in [2.45, 2.75) is 20.4 Å². The molecule has 0 radical (unpaired) electrons. The molecule has 0 spiro atoms. The van der Waals surface area contributed by atoms with Crippen LogP contribution in [0.4, 0.5) is 5.13 Å². The lowest BCUT2D eigenvalue weighted by atomic mass is 10.1. The van der Waals surface area contributed by atoms with Gasteiger partial charge in [-0.3, -0.25) is 14.7 Å². The fourth-order valence-electron chi connectivity index (χ4n) is 3.04. The lowest BCUT2D eigenvalue weighted by Gasteiger charge is -2.17. The lowest BCUT2D eigenvalue weighted by molar-refractivity contribution is -0.114. The number of carbonyl (C=O) groups excluding carboxylic acids is 1. The van der Waals surface area contributed by atoms with Gasteiger partial charge in [-0.1, -0.05) is 47.2 Å². The van der Waals surface area contributed by atoms with E-state index in [1.165, 1.54) is 28.5 Å². The van der Waals surface area contributed by atoms with Gasteiger partial charge >= 0.3 is 0 Å². The number of amides is 1. The van der Waals surface area contributed by atoms with E-state index in [1.807, 2.05) is 36.4 Å². The van der Waals surface area contributed by atoms with Crippen LogP contribution in [0, 0.1) is 13.8 Å². The number of benzene rings is 2. The van der Waals surface area contributed by atoms with Gasteiger partial charge in [0.25, 0.3) is 5.91 Å². The zero-order chi connectivity index (χ0) is 21.1. The highest BCUT2D eigenvalue weighted by Gasteiger charge is 2.19. The van der Waals surface area contributed by atoms with Gasteiger partial charge in [0.15, 0.2) is 5.13 Å². The fraction of sp³-hybridized carbons (Fsp3) is 0.125. The number of fused-ring (bicyclic) bond motifs is 1. The molecule has 2 aromatic heterocycles. The number of aromatic nitrogens is 2. The van der Waals surface area contributed by atoms with E-state index in [-0.39, 0.29) is 5.91 Å². The Morgan fingerprint density at radius 1 is 1.10 bits per heavy atom. The number of carbonyl (C=O) groups is 1. The second kappa shape index (κ2) is 8.78. The van der Waals surface area contributed by atoms with Gasteiger partial charge in [-0.25, -0.2) is 4.98 Å². The average molecular weight is 434 g/mol. The van der Waals surface area contributed by atoms with Crippen LogP contribution in [0.5, 0.6) is 0 Å². The minimum absolute atomic E-state index is 0.173. The predicted molar refractivity (Wildman–Crippen MR) is 125 cm³/mol. The van der Waals surface area contributed by atoms with Crippen molar-refractivity contribution in [3.05, 3.63) is 94.3 Å². The summed E-state index contributed by atoms with van der Waals surface area (Å²) in [6.07, 6.45) is 4.99. The van der Waals surface area contributed by atoms with E-state index in [0.29, 0.717) is 16.7 Å². The van der Waals surface area contributed by atoms with Gasteiger partial charge in [0.1, 0.15) is 0 Å². The van der Waals surface area contributed by atoms with Crippen molar-refractivity contribution in [2.75, 3.05) is 4.90 Å². The molecule has 4 rings (SSSR count). The van der Waals surface area contributed by atoms with Crippen LogP contribution in [0.1, 0.15) is 22.4 Å². The van der Waals surface area contributed by atoms with Crippen molar-refractivity contribution >= 4 is 50.3 Å². The molecular weight excluding hydrogens is 414 g/mol. The minimum Gasteiger partial charge on any atom is -0.278 e. The van der Waals surface area contributed by atoms with Gasteiger partial charge in [0.05, 0.1) is 22.5 Å². The zero-order valence-corrected chi connectivity index (χ0v) is 18.2. The highest BCUT2D eigenvalue weighted by molar-refractivity contribution is 7.22. The molecule has 0 aliphatic heterocycles. The highest BCUT2D eigenvalue weighted by Crippen LogP contribution is 2.32. The molecule has 0 saturated heterocycles. The summed E-state index contributed by atoms with van der Waals surface area (Å²) in [5.74, 6) is -0.173. The fourth-order valence-corrected chi connectivity index (χ4v) is 4.29. The van der Waals surface area contributed by atoms with Crippen LogP contribution in [0.25, 0.3) is 16.3 Å². The number of hydrogen-bond donors (Lipinski definition) is 0. The Kier molecular flexibility index (Phi) is 5.93. The summed E-state index contributed by atoms with van der Waals surface area (Å²) in [4.78, 5) is 24.0. The summed E-state index contributed by atoms with van der Waals surface area (Å²) in [7, 11) is 0. The molecule has 0 N–H and O–H groups in total. The van der Waals surface area contributed by atoms with Crippen molar-refractivity contribution in [2.24, 2.45) is 0 Å². The quantitative estimate of drug-likeness (QED) is 0.351. The van der Waals surface area contributed by atoms with Gasteiger partial charge < -0.3 is 0 Å². The van der Waals surface area contributed by atoms with Crippen molar-refractivity contribution in [3.8, 4) is 0 Å². The molecule has 0 aliphatic rings. The molecule has 6 heteroatoms. The van der Waals surface area contributed by atoms with E-state index in [4.69, 9.17) is 16.6 Å². The monoisotopic (exact) mass is 433 g/mol. The molecule has 30 heavy (non-hydrogen) atoms. The molecule has 150 valence electrons. The van der Waals surface area contributed by atoms with Gasteiger partial charge in [0, 0.05) is 17.3 Å². The number of anilines is 1. The molecule has 0 saturated carbocycles. The number of thiazole rings is 1. The van der Waals surface area contributed by atoms with E-state index in [2.05, 4.69) is 31.0 Å². The van der Waals surface area contributed by atoms with Crippen molar-refractivity contribution in [1.29, 1.82) is 0 Å². The first-order valence-corrected chi connectivity index (χ1v) is 10.7. The summed E-state index contributed by atoms with van der Waals surface area (Å²) in [5, 5.41) is 1.25. The van der Waals surface area contributed by atoms with Crippen molar-refractivity contribution in [3.63, 3.8) is 0 Å². The second-order valence-electron chi connectivity index (χ2n) is 7.00. The molecule has 0 atom stereocenters. The lowest BCUT2D eigenvalue weighted by Crippen LogP contribution is -2.29. The molecule has 0 bridgehead atoms. The standard InChI is InChI=1S/C24H20ClN3OS/c1-16-13-21-22(14-17(16)2)30-24(27-21)28(15-19-8-5-6-12-26-19)23(29)11-10-18-7-3-4-9-20(18)25/h3-14H,15H2,1-2H3/b11-10+. The van der Waals surface area contributed by atoms with Crippen LogP contribution in [-0.4, -0.2) is 15.9 Å². The first-order valence-electron chi connectivity index (χ1n) is 9.53. The highest BCUT2D eigenvalue weighted by atomic mass is 35.5. The Morgan fingerprint density at radius 3 is 2.63 bits per heavy atom. The Balaban J connectivity index is 1.71. The van der Waals surface area contributed by atoms with E-state index >= 15 is 0 Å². The molecule has 2 aromatic carbocycles. The smallest absolute Gasteiger partial charge is 0.253 e. The molecule has 1 amide bonds. The van der Waals surface area contributed by atoms with Crippen LogP contribution in [0.15, 0.2) is 66.9 Å². The van der Waals surface area contributed by atoms with E-state index in [9.17, 15) is 4.79 Å². The van der Waals surface area contributed by atoms with Crippen molar-refractivity contribution < 1.29 is 4.79 Å². The van der Waals surface area contributed by atoms with E-state index in [0.717, 1.165) is 21.5 Å². The summed E-state index contributed by atoms with van der Waals surface area (Å²) < 4.78 is 1.06. The van der Waals surface area contributed by atoms with E-state index in [1.54, 1.807) is 23.2 Å². The van der Waals surface area contributed by atoms with Crippen LogP contribution >= 0.6 is 22.9 Å². The molecule has 4 nitrogen and oxygen atoms in total.